The van der Waals surface area contributed by atoms with Gasteiger partial charge in [-0.15, -0.1) is 0 Å². The molecule has 2 aromatic carbocycles. The van der Waals surface area contributed by atoms with Gasteiger partial charge in [-0.25, -0.2) is 0 Å². The Morgan fingerprint density at radius 3 is 2.59 bits per heavy atom. The number of aromatic amines is 2. The lowest BCUT2D eigenvalue weighted by Gasteiger charge is -2.02. The Balaban J connectivity index is 2.04. The molecular formula is C17H13N3O2. The second kappa shape index (κ2) is 4.46. The molecule has 0 fully saturated rings. The summed E-state index contributed by atoms with van der Waals surface area (Å²) in [4.78, 5) is 17.0. The van der Waals surface area contributed by atoms with Gasteiger partial charge >= 0.3 is 0 Å². The van der Waals surface area contributed by atoms with E-state index in [1.54, 1.807) is 6.08 Å². The zero-order valence-electron chi connectivity index (χ0n) is 11.9. The molecule has 2 aromatic heterocycles. The van der Waals surface area contributed by atoms with Gasteiger partial charge in [-0.05, 0) is 6.07 Å². The number of nitro groups is 1. The molecule has 22 heavy (non-hydrogen) atoms. The number of allylic oxidation sites excluding steroid dienone is 1. The Bertz CT molecular complexity index is 1070. The number of hydrogen-bond donors (Lipinski definition) is 2. The number of rotatable bonds is 2. The van der Waals surface area contributed by atoms with Crippen LogP contribution in [-0.2, 0) is 0 Å². The van der Waals surface area contributed by atoms with Crippen molar-refractivity contribution in [3.8, 4) is 0 Å². The molecule has 0 atom stereocenters. The molecule has 0 radical (unpaired) electrons. The van der Waals surface area contributed by atoms with E-state index in [9.17, 15) is 10.1 Å². The number of fused-ring (bicyclic) bond motifs is 5. The van der Waals surface area contributed by atoms with Gasteiger partial charge in [-0.1, -0.05) is 24.3 Å². The Kier molecular flexibility index (Phi) is 2.56. The van der Waals surface area contributed by atoms with Crippen molar-refractivity contribution in [1.82, 2.24) is 9.97 Å². The van der Waals surface area contributed by atoms with E-state index in [-0.39, 0.29) is 10.6 Å². The summed E-state index contributed by atoms with van der Waals surface area (Å²) in [5, 5.41) is 15.2. The molecule has 0 bridgehead atoms. The standard InChI is InChI=1S/C17H13N3O2/c1-10(20(21)22)8-12-9-19-17-13(12)4-5-14-15(17)3-2-11-6-7-18-16(11)14/h2-9,18-19H,1H3/b10-8-. The van der Waals surface area contributed by atoms with Gasteiger partial charge in [0.15, 0.2) is 0 Å². The quantitative estimate of drug-likeness (QED) is 0.423. The van der Waals surface area contributed by atoms with E-state index < -0.39 is 0 Å². The number of aromatic nitrogens is 2. The fourth-order valence-electron chi connectivity index (χ4n) is 2.96. The average Bonchev–Trinajstić information content (AvgIpc) is 3.13. The van der Waals surface area contributed by atoms with Gasteiger partial charge in [-0.2, -0.15) is 0 Å². The highest BCUT2D eigenvalue weighted by molar-refractivity contribution is 6.16. The highest BCUT2D eigenvalue weighted by Gasteiger charge is 2.10. The van der Waals surface area contributed by atoms with E-state index in [4.69, 9.17) is 0 Å². The van der Waals surface area contributed by atoms with Gasteiger partial charge in [0, 0.05) is 52.5 Å². The molecule has 0 unspecified atom stereocenters. The fourth-order valence-corrected chi connectivity index (χ4v) is 2.96. The third-order valence-electron chi connectivity index (χ3n) is 4.06. The molecule has 5 nitrogen and oxygen atoms in total. The lowest BCUT2D eigenvalue weighted by Crippen LogP contribution is -1.92. The van der Waals surface area contributed by atoms with Crippen molar-refractivity contribution in [3.05, 3.63) is 64.1 Å². The zero-order chi connectivity index (χ0) is 15.3. The van der Waals surface area contributed by atoms with Gasteiger partial charge in [0.2, 0.25) is 5.70 Å². The van der Waals surface area contributed by atoms with E-state index in [2.05, 4.69) is 28.2 Å². The fraction of sp³-hybridized carbons (Fsp3) is 0.0588. The molecule has 0 amide bonds. The molecular weight excluding hydrogens is 278 g/mol. The smallest absolute Gasteiger partial charge is 0.243 e. The lowest BCUT2D eigenvalue weighted by atomic mass is 10.0. The number of H-pyrrole nitrogens is 2. The minimum Gasteiger partial charge on any atom is -0.361 e. The molecule has 0 aliphatic heterocycles. The van der Waals surface area contributed by atoms with Crippen LogP contribution in [0.2, 0.25) is 0 Å². The first-order valence-electron chi connectivity index (χ1n) is 6.98. The second-order valence-corrected chi connectivity index (χ2v) is 5.38. The summed E-state index contributed by atoms with van der Waals surface area (Å²) in [5.74, 6) is 0. The summed E-state index contributed by atoms with van der Waals surface area (Å²) in [5.41, 5.74) is 3.06. The predicted octanol–water partition coefficient (Wildman–Crippen LogP) is 4.44. The van der Waals surface area contributed by atoms with Crippen LogP contribution in [0.1, 0.15) is 12.5 Å². The highest BCUT2D eigenvalue weighted by atomic mass is 16.6. The lowest BCUT2D eigenvalue weighted by molar-refractivity contribution is -0.422. The Morgan fingerprint density at radius 2 is 1.77 bits per heavy atom. The summed E-state index contributed by atoms with van der Waals surface area (Å²) in [7, 11) is 0. The van der Waals surface area contributed by atoms with Crippen LogP contribution in [0.5, 0.6) is 0 Å². The minimum atomic E-state index is -0.373. The molecule has 0 aliphatic carbocycles. The third kappa shape index (κ3) is 1.72. The predicted molar refractivity (Wildman–Crippen MR) is 88.3 cm³/mol. The first-order chi connectivity index (χ1) is 10.6. The average molecular weight is 291 g/mol. The van der Waals surface area contributed by atoms with Crippen molar-refractivity contribution in [2.45, 2.75) is 6.92 Å². The summed E-state index contributed by atoms with van der Waals surface area (Å²) in [6, 6.07) is 10.3. The van der Waals surface area contributed by atoms with Crippen molar-refractivity contribution in [1.29, 1.82) is 0 Å². The molecule has 0 saturated carbocycles. The number of hydrogen-bond acceptors (Lipinski definition) is 2. The monoisotopic (exact) mass is 291 g/mol. The molecule has 0 saturated heterocycles. The molecule has 0 aliphatic rings. The summed E-state index contributed by atoms with van der Waals surface area (Å²) < 4.78 is 0. The largest absolute Gasteiger partial charge is 0.361 e. The molecule has 4 rings (SSSR count). The molecule has 0 spiro atoms. The van der Waals surface area contributed by atoms with E-state index in [0.717, 1.165) is 32.8 Å². The van der Waals surface area contributed by atoms with Gasteiger partial charge in [0.1, 0.15) is 0 Å². The first kappa shape index (κ1) is 12.6. The topological polar surface area (TPSA) is 74.7 Å². The summed E-state index contributed by atoms with van der Waals surface area (Å²) >= 11 is 0. The Labute approximate surface area is 125 Å². The van der Waals surface area contributed by atoms with Crippen LogP contribution < -0.4 is 0 Å². The summed E-state index contributed by atoms with van der Waals surface area (Å²) in [6.45, 7) is 1.50. The minimum absolute atomic E-state index is 0.126. The van der Waals surface area contributed by atoms with E-state index in [0.29, 0.717) is 0 Å². The van der Waals surface area contributed by atoms with Gasteiger partial charge < -0.3 is 9.97 Å². The Hall–Kier alpha value is -3.08. The van der Waals surface area contributed by atoms with Crippen LogP contribution in [0, 0.1) is 10.1 Å². The van der Waals surface area contributed by atoms with E-state index in [1.165, 1.54) is 12.3 Å². The van der Waals surface area contributed by atoms with Gasteiger partial charge in [0.25, 0.3) is 0 Å². The molecule has 2 heterocycles. The normalized spacial score (nSPS) is 12.5. The van der Waals surface area contributed by atoms with Crippen LogP contribution in [0.15, 0.2) is 48.4 Å². The van der Waals surface area contributed by atoms with Crippen molar-refractivity contribution in [3.63, 3.8) is 0 Å². The highest BCUT2D eigenvalue weighted by Crippen LogP contribution is 2.32. The maximum absolute atomic E-state index is 10.8. The number of nitrogens with one attached hydrogen (secondary N) is 2. The second-order valence-electron chi connectivity index (χ2n) is 5.38. The van der Waals surface area contributed by atoms with Crippen molar-refractivity contribution in [2.75, 3.05) is 0 Å². The molecule has 2 N–H and O–H groups in total. The van der Waals surface area contributed by atoms with Crippen molar-refractivity contribution < 1.29 is 4.92 Å². The van der Waals surface area contributed by atoms with Crippen LogP contribution in [0.4, 0.5) is 0 Å². The van der Waals surface area contributed by atoms with Crippen molar-refractivity contribution in [2.24, 2.45) is 0 Å². The zero-order valence-corrected chi connectivity index (χ0v) is 11.9. The summed E-state index contributed by atoms with van der Waals surface area (Å²) in [6.07, 6.45) is 5.34. The molecule has 5 heteroatoms. The number of nitrogens with zero attached hydrogens (tertiary/aromatic N) is 1. The van der Waals surface area contributed by atoms with Gasteiger partial charge in [-0.3, -0.25) is 10.1 Å². The molecule has 4 aromatic rings. The van der Waals surface area contributed by atoms with E-state index >= 15 is 0 Å². The maximum atomic E-state index is 10.8. The van der Waals surface area contributed by atoms with Crippen LogP contribution in [0.25, 0.3) is 38.7 Å². The van der Waals surface area contributed by atoms with Crippen molar-refractivity contribution >= 4 is 38.7 Å². The van der Waals surface area contributed by atoms with Gasteiger partial charge in [0.05, 0.1) is 16.0 Å². The SMILES string of the molecule is C/C(=C/c1c[nH]c2c1ccc1c2ccc2cc[nH]c21)[N+](=O)[O-]. The van der Waals surface area contributed by atoms with Crippen LogP contribution in [0.3, 0.4) is 0 Å². The maximum Gasteiger partial charge on any atom is 0.243 e. The van der Waals surface area contributed by atoms with Crippen LogP contribution in [-0.4, -0.2) is 14.9 Å². The van der Waals surface area contributed by atoms with E-state index in [1.807, 2.05) is 24.5 Å². The number of benzene rings is 2. The third-order valence-corrected chi connectivity index (χ3v) is 4.06. The Morgan fingerprint density at radius 1 is 1.05 bits per heavy atom. The van der Waals surface area contributed by atoms with Crippen LogP contribution >= 0.6 is 0 Å². The first-order valence-corrected chi connectivity index (χ1v) is 6.98. The molecule has 108 valence electrons.